The second-order valence-corrected chi connectivity index (χ2v) is 20.6. The van der Waals surface area contributed by atoms with Crippen LogP contribution in [-0.4, -0.2) is 110 Å². The van der Waals surface area contributed by atoms with Crippen LogP contribution in [0.1, 0.15) is 127 Å². The maximum Gasteiger partial charge on any atom is 0.307 e. The third-order valence-electron chi connectivity index (χ3n) is 11.3. The molecule has 0 radical (unpaired) electrons. The molecule has 1 amide bonds. The predicted octanol–water partition coefficient (Wildman–Crippen LogP) is 5.89. The largest absolute Gasteiger partial charge is 0.460 e. The van der Waals surface area contributed by atoms with Gasteiger partial charge in [-0.1, -0.05) is 66.4 Å². The van der Waals surface area contributed by atoms with E-state index < -0.39 is 51.0 Å². The highest BCUT2D eigenvalue weighted by Crippen LogP contribution is 2.65. The SMILES string of the molecule is C=CCCC(=O)C(=O)[C@@H]1CCCCCCCOC[C@H](CC(=O)OC(C)(C)C)C(=O)N2C[C@H]3[C@@H]([C@H]2C(=O)C1)C3(C)C.CCS(=O)(=O)N(C)C[C@@H](N=C=O)C(C)(C)C. The van der Waals surface area contributed by atoms with Crippen molar-refractivity contribution in [3.63, 3.8) is 0 Å². The lowest BCUT2D eigenvalue weighted by molar-refractivity contribution is -0.160. The molecule has 0 N–H and O–H groups in total. The first-order valence-electron chi connectivity index (χ1n) is 20.2. The van der Waals surface area contributed by atoms with Crippen molar-refractivity contribution in [2.24, 2.45) is 39.5 Å². The van der Waals surface area contributed by atoms with Crippen molar-refractivity contribution < 1.29 is 46.7 Å². The van der Waals surface area contributed by atoms with Crippen LogP contribution in [0.5, 0.6) is 0 Å². The lowest BCUT2D eigenvalue weighted by atomic mass is 9.85. The Morgan fingerprint density at radius 3 is 2.29 bits per heavy atom. The summed E-state index contributed by atoms with van der Waals surface area (Å²) in [5.41, 5.74) is -1.04. The van der Waals surface area contributed by atoms with Crippen LogP contribution in [0.4, 0.5) is 0 Å². The predicted molar refractivity (Wildman–Crippen MR) is 215 cm³/mol. The van der Waals surface area contributed by atoms with Crippen LogP contribution in [0.2, 0.25) is 0 Å². The summed E-state index contributed by atoms with van der Waals surface area (Å²) in [5.74, 6) is -3.04. The molecule has 2 heterocycles. The van der Waals surface area contributed by atoms with Gasteiger partial charge in [-0.3, -0.25) is 24.0 Å². The third-order valence-corrected chi connectivity index (χ3v) is 13.1. The number of isocyanates is 1. The Balaban J connectivity index is 0.000000570. The van der Waals surface area contributed by atoms with Crippen molar-refractivity contribution in [2.75, 3.05) is 39.1 Å². The minimum absolute atomic E-state index is 0.00171. The highest BCUT2D eigenvalue weighted by atomic mass is 32.2. The lowest BCUT2D eigenvalue weighted by Crippen LogP contribution is -2.49. The molecular formula is C42H69N3O10S. The maximum atomic E-state index is 13.9. The quantitative estimate of drug-likeness (QED) is 0.0761. The number of aliphatic imine (C=N–C) groups is 1. The number of hydrogen-bond donors (Lipinski definition) is 0. The van der Waals surface area contributed by atoms with E-state index in [4.69, 9.17) is 9.47 Å². The fourth-order valence-electron chi connectivity index (χ4n) is 7.69. The molecule has 1 aliphatic carbocycles. The molecule has 1 saturated carbocycles. The topological polar surface area (TPSA) is 174 Å². The van der Waals surface area contributed by atoms with E-state index in [0.717, 1.165) is 32.1 Å². The first kappa shape index (κ1) is 49.1. The fraction of sp³-hybridized carbons (Fsp3) is 0.810. The molecule has 0 aromatic heterocycles. The van der Waals surface area contributed by atoms with Gasteiger partial charge in [0.15, 0.2) is 11.6 Å². The van der Waals surface area contributed by atoms with Gasteiger partial charge in [0.2, 0.25) is 27.8 Å². The van der Waals surface area contributed by atoms with E-state index in [1.54, 1.807) is 38.7 Å². The average Bonchev–Trinajstić information content (AvgIpc) is 3.40. The number of amides is 1. The molecule has 0 spiro atoms. The monoisotopic (exact) mass is 807 g/mol. The molecule has 3 aliphatic rings. The molecule has 0 unspecified atom stereocenters. The Kier molecular flexibility index (Phi) is 18.5. The minimum atomic E-state index is -3.23. The summed E-state index contributed by atoms with van der Waals surface area (Å²) in [6.45, 7) is 21.7. The summed E-state index contributed by atoms with van der Waals surface area (Å²) in [7, 11) is -1.73. The van der Waals surface area contributed by atoms with Gasteiger partial charge in [-0.25, -0.2) is 22.5 Å². The Bertz CT molecular complexity index is 1550. The summed E-state index contributed by atoms with van der Waals surface area (Å²) < 4.78 is 35.7. The van der Waals surface area contributed by atoms with Crippen LogP contribution in [-0.2, 0) is 48.3 Å². The standard InChI is InChI=1S/C32H49NO7.C10H20N2O3S/c1-7-8-15-24(34)29(37)21-14-12-10-9-11-13-16-39-20-22(18-26(36)40-31(2,3)4)30(38)33-19-23-27(32(23,5)6)28(33)25(35)17-21;1-6-16(14,15)12(5)7-9(11-8-13)10(2,3)4/h7,21-23,27-28H,1,8-20H2,2-6H3;9H,6-7H2,1-5H3/t21-,22+,23+,27+,28-;9-/m11/s1. The van der Waals surface area contributed by atoms with Crippen molar-refractivity contribution in [2.45, 2.75) is 144 Å². The van der Waals surface area contributed by atoms with Crippen molar-refractivity contribution in [3.8, 4) is 0 Å². The molecule has 0 aromatic rings. The Labute approximate surface area is 335 Å². The number of likely N-dealkylation sites (N-methyl/N-ethyl adjacent to an activating group) is 1. The number of sulfonamides is 1. The van der Waals surface area contributed by atoms with Gasteiger partial charge >= 0.3 is 5.97 Å². The van der Waals surface area contributed by atoms with Crippen LogP contribution in [0.25, 0.3) is 0 Å². The molecular weight excluding hydrogens is 739 g/mol. The van der Waals surface area contributed by atoms with E-state index in [9.17, 15) is 37.2 Å². The highest BCUT2D eigenvalue weighted by molar-refractivity contribution is 7.89. The zero-order valence-electron chi connectivity index (χ0n) is 35.7. The first-order valence-corrected chi connectivity index (χ1v) is 21.8. The van der Waals surface area contributed by atoms with Crippen molar-refractivity contribution in [1.29, 1.82) is 0 Å². The zero-order chi connectivity index (χ0) is 42.6. The molecule has 3 rings (SSSR count). The van der Waals surface area contributed by atoms with E-state index in [0.29, 0.717) is 26.0 Å². The molecule has 2 saturated heterocycles. The Morgan fingerprint density at radius 1 is 1.09 bits per heavy atom. The second-order valence-electron chi connectivity index (χ2n) is 18.3. The molecule has 2 aliphatic heterocycles. The highest BCUT2D eigenvalue weighted by Gasteiger charge is 2.69. The third kappa shape index (κ3) is 14.4. The van der Waals surface area contributed by atoms with Crippen LogP contribution >= 0.6 is 0 Å². The number of carbonyl (C=O) groups excluding carboxylic acids is 6. The summed E-state index contributed by atoms with van der Waals surface area (Å²) in [4.78, 5) is 82.0. The number of ether oxygens (including phenoxy) is 2. The lowest BCUT2D eigenvalue weighted by Gasteiger charge is -2.33. The number of fused-ring (bicyclic) bond motifs is 3. The first-order chi connectivity index (χ1) is 25.9. The summed E-state index contributed by atoms with van der Waals surface area (Å²) in [6.07, 6.45) is 8.37. The number of nitrogens with zero attached hydrogens (tertiary/aromatic N) is 3. The van der Waals surface area contributed by atoms with Crippen LogP contribution in [0, 0.1) is 34.5 Å². The molecule has 318 valence electrons. The smallest absolute Gasteiger partial charge is 0.307 e. The summed E-state index contributed by atoms with van der Waals surface area (Å²) in [5, 5.41) is 0. The van der Waals surface area contributed by atoms with Crippen LogP contribution in [0.15, 0.2) is 17.6 Å². The fourth-order valence-corrected chi connectivity index (χ4v) is 8.50. The maximum absolute atomic E-state index is 13.9. The van der Waals surface area contributed by atoms with Crippen LogP contribution in [0.3, 0.4) is 0 Å². The number of carbonyl (C=O) groups is 5. The van der Waals surface area contributed by atoms with Crippen molar-refractivity contribution >= 4 is 45.3 Å². The molecule has 0 bridgehead atoms. The number of piperidine rings is 1. The van der Waals surface area contributed by atoms with Gasteiger partial charge in [-0.15, -0.1) is 6.58 Å². The Morgan fingerprint density at radius 2 is 1.71 bits per heavy atom. The van der Waals surface area contributed by atoms with Gasteiger partial charge in [0.05, 0.1) is 36.8 Å². The number of esters is 1. The van der Waals surface area contributed by atoms with E-state index in [1.165, 1.54) is 17.4 Å². The average molecular weight is 808 g/mol. The molecule has 13 nitrogen and oxygen atoms in total. The molecule has 3 fully saturated rings. The number of Topliss-reactive ketones (excluding diaryl/α,β-unsaturated/α-hetero) is 3. The van der Waals surface area contributed by atoms with E-state index in [-0.39, 0.29) is 78.6 Å². The molecule has 0 aromatic carbocycles. The molecule has 6 atom stereocenters. The minimum Gasteiger partial charge on any atom is -0.460 e. The van der Waals surface area contributed by atoms with Gasteiger partial charge in [0.25, 0.3) is 0 Å². The zero-order valence-corrected chi connectivity index (χ0v) is 36.5. The number of hydrogen-bond acceptors (Lipinski definition) is 11. The van der Waals surface area contributed by atoms with Gasteiger partial charge in [-0.05, 0) is 69.6 Å². The summed E-state index contributed by atoms with van der Waals surface area (Å²) >= 11 is 0. The van der Waals surface area contributed by atoms with E-state index in [2.05, 4.69) is 25.4 Å². The molecule has 14 heteroatoms. The molecule has 56 heavy (non-hydrogen) atoms. The normalized spacial score (nSPS) is 25.4. The van der Waals surface area contributed by atoms with Crippen molar-refractivity contribution in [3.05, 3.63) is 12.7 Å². The number of rotatable bonds is 12. The van der Waals surface area contributed by atoms with Gasteiger partial charge < -0.3 is 14.4 Å². The van der Waals surface area contributed by atoms with Gasteiger partial charge in [-0.2, -0.15) is 0 Å². The van der Waals surface area contributed by atoms with Gasteiger partial charge in [0.1, 0.15) is 5.60 Å². The van der Waals surface area contributed by atoms with Crippen molar-refractivity contribution in [1.82, 2.24) is 9.21 Å². The summed E-state index contributed by atoms with van der Waals surface area (Å²) in [6, 6.07) is -1.04. The number of ketones is 3. The van der Waals surface area contributed by atoms with Crippen LogP contribution < -0.4 is 0 Å². The number of allylic oxidation sites excluding steroid dienone is 1. The van der Waals surface area contributed by atoms with Gasteiger partial charge in [0, 0.05) is 45.5 Å². The Hall–Kier alpha value is -3.06. The second kappa shape index (κ2) is 21.1. The van der Waals surface area contributed by atoms with E-state index in [1.807, 2.05) is 20.8 Å². The van der Waals surface area contributed by atoms with E-state index >= 15 is 0 Å².